The van der Waals surface area contributed by atoms with Crippen LogP contribution in [0.2, 0.25) is 0 Å². The number of hydrogen-bond acceptors (Lipinski definition) is 2. The molecule has 0 atom stereocenters. The summed E-state index contributed by atoms with van der Waals surface area (Å²) in [6.45, 7) is 2.93. The van der Waals surface area contributed by atoms with Crippen LogP contribution in [0.25, 0.3) is 12.2 Å². The van der Waals surface area contributed by atoms with Gasteiger partial charge in [0.05, 0.1) is 23.7 Å². The second-order valence-electron chi connectivity index (χ2n) is 7.01. The van der Waals surface area contributed by atoms with Crippen LogP contribution < -0.4 is 9.64 Å². The lowest BCUT2D eigenvalue weighted by Gasteiger charge is -2.31. The second-order valence-corrected chi connectivity index (χ2v) is 7.01. The zero-order chi connectivity index (χ0) is 17.5. The minimum Gasteiger partial charge on any atom is -0.491 e. The summed E-state index contributed by atoms with van der Waals surface area (Å²) >= 11 is 0. The van der Waals surface area contributed by atoms with E-state index in [0.717, 1.165) is 30.9 Å². The van der Waals surface area contributed by atoms with Gasteiger partial charge in [0, 0.05) is 0 Å². The fourth-order valence-electron chi connectivity index (χ4n) is 3.96. The van der Waals surface area contributed by atoms with Gasteiger partial charge in [-0.05, 0) is 60.7 Å². The van der Waals surface area contributed by atoms with E-state index in [-0.39, 0.29) is 0 Å². The van der Waals surface area contributed by atoms with Crippen LogP contribution in [0.3, 0.4) is 0 Å². The van der Waals surface area contributed by atoms with Crippen molar-refractivity contribution in [1.82, 2.24) is 0 Å². The van der Waals surface area contributed by atoms with Crippen molar-refractivity contribution in [3.63, 3.8) is 0 Å². The van der Waals surface area contributed by atoms with E-state index in [1.807, 2.05) is 0 Å². The Labute approximate surface area is 154 Å². The molecule has 0 N–H and O–H groups in total. The molecule has 26 heavy (non-hydrogen) atoms. The molecular formula is C24H21NO. The summed E-state index contributed by atoms with van der Waals surface area (Å²) in [5.74, 6) is 1.03. The van der Waals surface area contributed by atoms with Crippen LogP contribution in [-0.4, -0.2) is 6.61 Å². The summed E-state index contributed by atoms with van der Waals surface area (Å²) in [7, 11) is 0. The van der Waals surface area contributed by atoms with Gasteiger partial charge in [-0.15, -0.1) is 0 Å². The van der Waals surface area contributed by atoms with Gasteiger partial charge in [0.1, 0.15) is 5.75 Å². The van der Waals surface area contributed by atoms with Crippen molar-refractivity contribution in [2.24, 2.45) is 0 Å². The van der Waals surface area contributed by atoms with E-state index < -0.39 is 0 Å². The Morgan fingerprint density at radius 1 is 0.808 bits per heavy atom. The average molecular weight is 339 g/mol. The third-order valence-electron chi connectivity index (χ3n) is 5.20. The summed E-state index contributed by atoms with van der Waals surface area (Å²) in [6.07, 6.45) is 6.60. The Balaban J connectivity index is 1.80. The highest BCUT2D eigenvalue weighted by atomic mass is 16.5. The van der Waals surface area contributed by atoms with E-state index in [1.165, 1.54) is 33.6 Å². The lowest BCUT2D eigenvalue weighted by atomic mass is 10.0. The second kappa shape index (κ2) is 6.06. The third-order valence-corrected chi connectivity index (χ3v) is 5.20. The van der Waals surface area contributed by atoms with Crippen molar-refractivity contribution in [1.29, 1.82) is 0 Å². The predicted octanol–water partition coefficient (Wildman–Crippen LogP) is 6.27. The van der Waals surface area contributed by atoms with Crippen molar-refractivity contribution in [3.8, 4) is 5.75 Å². The summed E-state index contributed by atoms with van der Waals surface area (Å²) < 4.78 is 6.14. The molecule has 0 aromatic heterocycles. The molecule has 2 aliphatic rings. The summed E-state index contributed by atoms with van der Waals surface area (Å²) in [5, 5.41) is 0. The standard InChI is InChI=1S/C24H21NO/c1-17-11-14-22-20(16-17)13-12-18-6-2-3-9-21(18)25(22)23-10-4-7-19-8-5-15-26-24(19)23/h2-4,6-7,9-14,16H,5,8,15H2,1H3. The number of hydrogen-bond donors (Lipinski definition) is 0. The quantitative estimate of drug-likeness (QED) is 0.405. The molecule has 0 aliphatic carbocycles. The molecule has 5 rings (SSSR count). The van der Waals surface area contributed by atoms with Gasteiger partial charge in [-0.25, -0.2) is 0 Å². The molecule has 0 saturated heterocycles. The zero-order valence-corrected chi connectivity index (χ0v) is 14.9. The molecular weight excluding hydrogens is 318 g/mol. The Kier molecular flexibility index (Phi) is 3.56. The zero-order valence-electron chi connectivity index (χ0n) is 14.9. The van der Waals surface area contributed by atoms with E-state index in [4.69, 9.17) is 4.74 Å². The highest BCUT2D eigenvalue weighted by Gasteiger charge is 2.25. The number of anilines is 3. The molecule has 2 heterocycles. The molecule has 0 unspecified atom stereocenters. The topological polar surface area (TPSA) is 12.5 Å². The third kappa shape index (κ3) is 2.41. The fraction of sp³-hybridized carbons (Fsp3) is 0.167. The van der Waals surface area contributed by atoms with Gasteiger partial charge in [-0.3, -0.25) is 0 Å². The van der Waals surface area contributed by atoms with Crippen LogP contribution in [0.5, 0.6) is 5.75 Å². The molecule has 3 aromatic rings. The Hall–Kier alpha value is -3.00. The van der Waals surface area contributed by atoms with Crippen LogP contribution in [-0.2, 0) is 6.42 Å². The first-order valence-corrected chi connectivity index (χ1v) is 9.24. The van der Waals surface area contributed by atoms with Gasteiger partial charge < -0.3 is 9.64 Å². The van der Waals surface area contributed by atoms with Crippen LogP contribution in [0.15, 0.2) is 60.7 Å². The van der Waals surface area contributed by atoms with Gasteiger partial charge in [0.2, 0.25) is 0 Å². The van der Waals surface area contributed by atoms with Crippen LogP contribution in [0, 0.1) is 6.92 Å². The fourth-order valence-corrected chi connectivity index (χ4v) is 3.96. The predicted molar refractivity (Wildman–Crippen MR) is 109 cm³/mol. The highest BCUT2D eigenvalue weighted by molar-refractivity contribution is 5.94. The van der Waals surface area contributed by atoms with Gasteiger partial charge in [0.25, 0.3) is 0 Å². The van der Waals surface area contributed by atoms with Crippen molar-refractivity contribution < 1.29 is 4.74 Å². The van der Waals surface area contributed by atoms with Gasteiger partial charge in [0.15, 0.2) is 0 Å². The molecule has 0 saturated carbocycles. The van der Waals surface area contributed by atoms with Crippen LogP contribution in [0.1, 0.15) is 28.7 Å². The first-order valence-electron chi connectivity index (χ1n) is 9.24. The van der Waals surface area contributed by atoms with Crippen molar-refractivity contribution >= 4 is 29.2 Å². The number of nitrogens with zero attached hydrogens (tertiary/aromatic N) is 1. The van der Waals surface area contributed by atoms with E-state index in [9.17, 15) is 0 Å². The largest absolute Gasteiger partial charge is 0.491 e. The minimum atomic E-state index is 0.790. The van der Waals surface area contributed by atoms with E-state index >= 15 is 0 Å². The summed E-state index contributed by atoms with van der Waals surface area (Å²) in [4.78, 5) is 2.36. The molecule has 3 aromatic carbocycles. The molecule has 2 aliphatic heterocycles. The Morgan fingerprint density at radius 3 is 2.58 bits per heavy atom. The normalized spacial score (nSPS) is 14.7. The monoisotopic (exact) mass is 339 g/mol. The molecule has 0 fully saturated rings. The number of fused-ring (bicyclic) bond motifs is 3. The average Bonchev–Trinajstić information content (AvgIpc) is 2.84. The lowest BCUT2D eigenvalue weighted by Crippen LogP contribution is -2.16. The highest BCUT2D eigenvalue weighted by Crippen LogP contribution is 2.47. The SMILES string of the molecule is Cc1ccc2c(c1)C=Cc1ccccc1N2c1cccc2c1OCCC2. The van der Waals surface area contributed by atoms with Crippen molar-refractivity contribution in [3.05, 3.63) is 82.9 Å². The Morgan fingerprint density at radius 2 is 1.62 bits per heavy atom. The van der Waals surface area contributed by atoms with E-state index in [1.54, 1.807) is 0 Å². The first kappa shape index (κ1) is 15.3. The van der Waals surface area contributed by atoms with E-state index in [2.05, 4.69) is 84.6 Å². The first-order chi connectivity index (χ1) is 12.8. The van der Waals surface area contributed by atoms with Gasteiger partial charge >= 0.3 is 0 Å². The van der Waals surface area contributed by atoms with Gasteiger partial charge in [-0.2, -0.15) is 0 Å². The van der Waals surface area contributed by atoms with Crippen LogP contribution in [0.4, 0.5) is 17.1 Å². The smallest absolute Gasteiger partial charge is 0.146 e. The van der Waals surface area contributed by atoms with Gasteiger partial charge in [-0.1, -0.05) is 54.1 Å². The molecule has 0 radical (unpaired) electrons. The maximum atomic E-state index is 6.14. The van der Waals surface area contributed by atoms with Crippen molar-refractivity contribution in [2.75, 3.05) is 11.5 Å². The Bertz CT molecular complexity index is 1020. The number of para-hydroxylation sites is 2. The number of benzene rings is 3. The van der Waals surface area contributed by atoms with E-state index in [0.29, 0.717) is 0 Å². The number of ether oxygens (including phenoxy) is 1. The molecule has 2 nitrogen and oxygen atoms in total. The lowest BCUT2D eigenvalue weighted by molar-refractivity contribution is 0.289. The molecule has 2 heteroatoms. The molecule has 0 amide bonds. The molecule has 0 spiro atoms. The molecule has 128 valence electrons. The maximum Gasteiger partial charge on any atom is 0.146 e. The number of rotatable bonds is 1. The summed E-state index contributed by atoms with van der Waals surface area (Å²) in [6, 6.07) is 21.7. The number of aryl methyl sites for hydroxylation is 2. The summed E-state index contributed by atoms with van der Waals surface area (Å²) in [5.41, 5.74) is 8.53. The maximum absolute atomic E-state index is 6.14. The minimum absolute atomic E-state index is 0.790. The molecule has 0 bridgehead atoms. The van der Waals surface area contributed by atoms with Crippen molar-refractivity contribution in [2.45, 2.75) is 19.8 Å². The van der Waals surface area contributed by atoms with Crippen LogP contribution >= 0.6 is 0 Å².